The highest BCUT2D eigenvalue weighted by Gasteiger charge is 2.44. The minimum atomic E-state index is -1.50. The van der Waals surface area contributed by atoms with Crippen LogP contribution in [0.4, 0.5) is 5.69 Å². The first-order valence-electron chi connectivity index (χ1n) is 30.9. The van der Waals surface area contributed by atoms with E-state index in [1.165, 1.54) is 45.6 Å². The Labute approximate surface area is 522 Å². The Morgan fingerprint density at radius 3 is 2.10 bits per heavy atom. The van der Waals surface area contributed by atoms with Crippen molar-refractivity contribution in [3.05, 3.63) is 143 Å². The number of piperidine rings is 1. The molecule has 7 rings (SSSR count). The Morgan fingerprint density at radius 2 is 1.38 bits per heavy atom. The topological polar surface area (TPSA) is 247 Å². The van der Waals surface area contributed by atoms with Crippen LogP contribution in [-0.4, -0.2) is 150 Å². The number of benzene rings is 4. The van der Waals surface area contributed by atoms with Gasteiger partial charge in [-0.15, -0.1) is 0 Å². The summed E-state index contributed by atoms with van der Waals surface area (Å²) in [5.41, 5.74) is 3.31. The molecule has 0 unspecified atom stereocenters. The fourth-order valence-corrected chi connectivity index (χ4v) is 11.5. The van der Waals surface area contributed by atoms with E-state index in [9.17, 15) is 43.2 Å². The monoisotopic (exact) mass is 1220 g/mol. The number of rotatable bonds is 9. The number of carbonyl (C=O) groups is 10. The van der Waals surface area contributed by atoms with Gasteiger partial charge in [0, 0.05) is 64.8 Å². The molecule has 2 saturated heterocycles. The van der Waals surface area contributed by atoms with Gasteiger partial charge in [-0.3, -0.25) is 38.4 Å². The molecule has 0 spiro atoms. The molecule has 6 atom stereocenters. The smallest absolute Gasteiger partial charge is 0.330 e. The number of hydrogen-bond acceptors (Lipinski definition) is 13. The number of nitrogens with one attached hydrogen (secondary N) is 3. The predicted octanol–water partition coefficient (Wildman–Crippen LogP) is 7.63. The van der Waals surface area contributed by atoms with Crippen LogP contribution in [0.1, 0.15) is 137 Å². The number of Topliss-reactive ketones (excluding diaryl/α,β-unsaturated/α-hetero) is 1. The molecule has 3 heterocycles. The first kappa shape index (κ1) is 67.8. The van der Waals surface area contributed by atoms with E-state index in [4.69, 9.17) is 14.2 Å². The summed E-state index contributed by atoms with van der Waals surface area (Å²) in [7, 11) is 4.73. The van der Waals surface area contributed by atoms with E-state index in [0.29, 0.717) is 61.1 Å². The molecule has 0 aliphatic carbocycles. The van der Waals surface area contributed by atoms with Crippen molar-refractivity contribution in [3.8, 4) is 5.75 Å². The molecule has 0 saturated carbocycles. The molecular weight excluding hydrogens is 1130 g/mol. The number of carbonyl (C=O) groups excluding carboxylic acids is 10. The first-order valence-corrected chi connectivity index (χ1v) is 30.9. The zero-order valence-corrected chi connectivity index (χ0v) is 52.8. The van der Waals surface area contributed by atoms with Gasteiger partial charge in [0.1, 0.15) is 48.7 Å². The molecule has 2 bridgehead atoms. The third-order valence-corrected chi connectivity index (χ3v) is 16.7. The predicted molar refractivity (Wildman–Crippen MR) is 335 cm³/mol. The minimum absolute atomic E-state index is 0.0244. The van der Waals surface area contributed by atoms with Crippen LogP contribution >= 0.6 is 0 Å². The molecule has 20 nitrogen and oxygen atoms in total. The largest absolute Gasteiger partial charge is 0.496 e. The number of aryl methyl sites for hydroxylation is 3. The summed E-state index contributed by atoms with van der Waals surface area (Å²) in [6, 6.07) is 23.0. The summed E-state index contributed by atoms with van der Waals surface area (Å²) in [6.45, 7) is 10.7. The van der Waals surface area contributed by atoms with E-state index in [1.54, 1.807) is 75.8 Å². The zero-order valence-electron chi connectivity index (χ0n) is 52.8. The number of anilines is 1. The van der Waals surface area contributed by atoms with Crippen molar-refractivity contribution >= 4 is 64.8 Å². The van der Waals surface area contributed by atoms with Gasteiger partial charge in [-0.05, 0) is 137 Å². The highest BCUT2D eigenvalue weighted by atomic mass is 16.5. The van der Waals surface area contributed by atoms with Crippen molar-refractivity contribution in [2.24, 2.45) is 11.3 Å². The molecule has 3 N–H and O–H groups in total. The highest BCUT2D eigenvalue weighted by Crippen LogP contribution is 2.32. The molecule has 4 aromatic rings. The molecule has 3 aliphatic heterocycles. The van der Waals surface area contributed by atoms with Crippen molar-refractivity contribution in [2.75, 3.05) is 52.8 Å². The van der Waals surface area contributed by atoms with E-state index < -0.39 is 101 Å². The van der Waals surface area contributed by atoms with E-state index in [1.807, 2.05) is 70.2 Å². The maximum absolute atomic E-state index is 15.0. The molecule has 7 amide bonds. The van der Waals surface area contributed by atoms with Gasteiger partial charge in [-0.25, -0.2) is 9.59 Å². The van der Waals surface area contributed by atoms with Crippen LogP contribution in [0.25, 0.3) is 0 Å². The molecule has 20 heteroatoms. The number of hydrogen-bond donors (Lipinski definition) is 3. The van der Waals surface area contributed by atoms with Crippen LogP contribution in [0.2, 0.25) is 0 Å². The maximum atomic E-state index is 15.0. The summed E-state index contributed by atoms with van der Waals surface area (Å²) >= 11 is 0. The molecule has 2 fully saturated rings. The number of nitrogens with zero attached hydrogens (tertiary/aromatic N) is 4. The van der Waals surface area contributed by atoms with Gasteiger partial charge in [0.15, 0.2) is 0 Å². The third-order valence-electron chi connectivity index (χ3n) is 16.7. The molecule has 3 aliphatic rings. The molecule has 4 aromatic carbocycles. The number of ketones is 1. The minimum Gasteiger partial charge on any atom is -0.496 e. The van der Waals surface area contributed by atoms with Crippen LogP contribution in [0.3, 0.4) is 0 Å². The van der Waals surface area contributed by atoms with Gasteiger partial charge in [0.25, 0.3) is 5.91 Å². The number of esters is 2. The van der Waals surface area contributed by atoms with Crippen molar-refractivity contribution in [3.63, 3.8) is 0 Å². The average molecular weight is 1220 g/mol. The van der Waals surface area contributed by atoms with Crippen LogP contribution < -0.4 is 20.7 Å². The van der Waals surface area contributed by atoms with Gasteiger partial charge in [-0.2, -0.15) is 0 Å². The number of fused-ring (bicyclic) bond motifs is 4. The van der Waals surface area contributed by atoms with E-state index >= 15 is 4.79 Å². The van der Waals surface area contributed by atoms with Crippen LogP contribution in [-0.2, 0) is 70.3 Å². The Hall–Kier alpha value is -8.68. The Kier molecular flexibility index (Phi) is 24.0. The molecule has 89 heavy (non-hydrogen) atoms. The summed E-state index contributed by atoms with van der Waals surface area (Å²) in [5, 5.41) is 8.60. The van der Waals surface area contributed by atoms with Crippen molar-refractivity contribution < 1.29 is 62.2 Å². The fraction of sp³-hybridized carbons (Fsp3) is 0.478. The lowest BCUT2D eigenvalue weighted by Gasteiger charge is -2.36. The molecule has 0 aromatic heterocycles. The number of amides is 7. The van der Waals surface area contributed by atoms with Gasteiger partial charge < -0.3 is 49.8 Å². The maximum Gasteiger partial charge on any atom is 0.330 e. The second-order valence-electron chi connectivity index (χ2n) is 24.7. The van der Waals surface area contributed by atoms with E-state index in [0.717, 1.165) is 22.3 Å². The second kappa shape index (κ2) is 31.5. The van der Waals surface area contributed by atoms with Gasteiger partial charge in [0.2, 0.25) is 41.2 Å². The normalized spacial score (nSPS) is 23.0. The van der Waals surface area contributed by atoms with Crippen LogP contribution in [0.15, 0.2) is 109 Å². The van der Waals surface area contributed by atoms with Gasteiger partial charge in [-0.1, -0.05) is 104 Å². The Bertz CT molecular complexity index is 3240. The number of ether oxygens (including phenoxy) is 3. The fourth-order valence-electron chi connectivity index (χ4n) is 11.5. The van der Waals surface area contributed by atoms with Gasteiger partial charge >= 0.3 is 11.9 Å². The lowest BCUT2D eigenvalue weighted by atomic mass is 9.87. The molecule has 0 radical (unpaired) electrons. The SMILES string of the molecule is COc1cc(CC[C@H]2OC(=O)[C@@H]3CCCCN3C(=O)C(=O)C(C)(C)COC(=O)C=CCCN(C)C(=O)[C@H](CC(C)C)N(C)C(=O)[C@@H]3CCCN3C(=O)[C@H](Cc3ccc(C)cc3)NC(=O)[C@H](c3ccccc3)NC(=O)CCC(=O)Nc3cccc2c3)ccc1C. The van der Waals surface area contributed by atoms with Crippen molar-refractivity contribution in [2.45, 2.75) is 155 Å². The lowest BCUT2D eigenvalue weighted by Crippen LogP contribution is -2.58. The Morgan fingerprint density at radius 1 is 0.697 bits per heavy atom. The highest BCUT2D eigenvalue weighted by molar-refractivity contribution is 6.38. The number of cyclic esters (lactones) is 2. The first-order chi connectivity index (χ1) is 42.4. The lowest BCUT2D eigenvalue weighted by molar-refractivity contribution is -0.165. The van der Waals surface area contributed by atoms with Crippen molar-refractivity contribution in [1.29, 1.82) is 0 Å². The summed E-state index contributed by atoms with van der Waals surface area (Å²) in [4.78, 5) is 148. The average Bonchev–Trinajstić information content (AvgIpc) is 3.03. The summed E-state index contributed by atoms with van der Waals surface area (Å²) < 4.78 is 17.4. The van der Waals surface area contributed by atoms with E-state index in [2.05, 4.69) is 16.0 Å². The van der Waals surface area contributed by atoms with Crippen LogP contribution in [0, 0.1) is 25.2 Å². The summed E-state index contributed by atoms with van der Waals surface area (Å²) in [6.07, 6.45) is 4.52. The van der Waals surface area contributed by atoms with Gasteiger partial charge in [0.05, 0.1) is 12.5 Å². The van der Waals surface area contributed by atoms with Crippen LogP contribution in [0.5, 0.6) is 5.75 Å². The standard InChI is InChI=1S/C69H87N7O13/c1-44(2)39-55-65(83)73(7)36-15-14-25-60(79)88-43-69(5,6)62(80)67(85)76-37-16-13-23-54(76)68(86)89-56(33-32-48-31-28-46(4)57(41-48)87-9)50-21-17-22-51(42-50)70-58(77)34-35-59(78)72-61(49-19-11-10-12-20-49)63(81)71-52(40-47-29-26-45(3)27-30-47)64(82)75-38-18-24-53(75)66(84)74(55)8/h10-12,14,17,19-22,25-31,41-42,44,52-56,61H,13,15-16,18,23-24,32-40,43H2,1-9H3,(H,70,77)(H,71,81)(H,72,78)/t52-,53-,54-,55-,56+,61-/m0/s1. The summed E-state index contributed by atoms with van der Waals surface area (Å²) in [5.74, 6) is -5.82. The number of likely N-dealkylation sites (N-methyl/N-ethyl adjacent to an activating group) is 2. The Balaban J connectivity index is 1.19. The third kappa shape index (κ3) is 18.4. The number of methoxy groups -OCH3 is 1. The molecular formula is C69H87N7O13. The quantitative estimate of drug-likeness (QED) is 0.108. The second-order valence-corrected chi connectivity index (χ2v) is 24.7. The molecule has 476 valence electrons. The van der Waals surface area contributed by atoms with Crippen molar-refractivity contribution in [1.82, 2.24) is 30.2 Å². The van der Waals surface area contributed by atoms with E-state index in [-0.39, 0.29) is 70.0 Å². The zero-order chi connectivity index (χ0) is 64.5.